The molecule has 24 heavy (non-hydrogen) atoms. The molecule has 0 radical (unpaired) electrons. The molecule has 1 saturated heterocycles. The second kappa shape index (κ2) is 7.14. The molecule has 3 rings (SSSR count). The van der Waals surface area contributed by atoms with Crippen molar-refractivity contribution in [2.45, 2.75) is 25.8 Å². The van der Waals surface area contributed by atoms with Crippen LogP contribution in [-0.2, 0) is 0 Å². The van der Waals surface area contributed by atoms with E-state index in [9.17, 15) is 9.18 Å². The maximum absolute atomic E-state index is 14.6. The van der Waals surface area contributed by atoms with E-state index in [4.69, 9.17) is 0 Å². The fourth-order valence-electron chi connectivity index (χ4n) is 3.32. The van der Waals surface area contributed by atoms with Crippen LogP contribution in [0, 0.1) is 12.7 Å². The maximum atomic E-state index is 14.6. The zero-order valence-corrected chi connectivity index (χ0v) is 14.2. The number of halogens is 1. The molecule has 0 aromatic heterocycles. The summed E-state index contributed by atoms with van der Waals surface area (Å²) in [5.74, 6) is -0.658. The average molecular weight is 326 g/mol. The highest BCUT2D eigenvalue weighted by Crippen LogP contribution is 2.25. The van der Waals surface area contributed by atoms with Crippen LogP contribution in [0.1, 0.15) is 28.8 Å². The smallest absolute Gasteiger partial charge is 0.257 e. The quantitative estimate of drug-likeness (QED) is 0.930. The van der Waals surface area contributed by atoms with Gasteiger partial charge in [0.05, 0.1) is 5.56 Å². The monoisotopic (exact) mass is 326 g/mol. The van der Waals surface area contributed by atoms with Gasteiger partial charge in [0.1, 0.15) is 5.82 Å². The van der Waals surface area contributed by atoms with Crippen LogP contribution in [0.4, 0.5) is 4.39 Å². The van der Waals surface area contributed by atoms with E-state index >= 15 is 0 Å². The van der Waals surface area contributed by atoms with Crippen LogP contribution < -0.4 is 5.32 Å². The lowest BCUT2D eigenvalue weighted by Crippen LogP contribution is -2.41. The third-order valence-corrected chi connectivity index (χ3v) is 4.66. The molecule has 1 aliphatic heterocycles. The van der Waals surface area contributed by atoms with Crippen molar-refractivity contribution in [2.75, 3.05) is 20.1 Å². The maximum Gasteiger partial charge on any atom is 0.257 e. The summed E-state index contributed by atoms with van der Waals surface area (Å²) in [6.07, 6.45) is 1.94. The van der Waals surface area contributed by atoms with E-state index in [2.05, 4.69) is 5.32 Å². The Labute approximate surface area is 142 Å². The van der Waals surface area contributed by atoms with E-state index in [1.165, 1.54) is 6.07 Å². The van der Waals surface area contributed by atoms with Crippen molar-refractivity contribution in [2.24, 2.45) is 0 Å². The SMILES string of the molecule is CNCC1CCCN1C(=O)c1ccc(-c2ccc(C)cc2)cc1F. The molecule has 0 aliphatic carbocycles. The van der Waals surface area contributed by atoms with Crippen LogP contribution in [0.3, 0.4) is 0 Å². The number of benzene rings is 2. The molecule has 1 unspecified atom stereocenters. The molecular weight excluding hydrogens is 303 g/mol. The highest BCUT2D eigenvalue weighted by molar-refractivity contribution is 5.95. The Bertz CT molecular complexity index is 727. The van der Waals surface area contributed by atoms with Crippen molar-refractivity contribution < 1.29 is 9.18 Å². The summed E-state index contributed by atoms with van der Waals surface area (Å²) < 4.78 is 14.6. The number of hydrogen-bond donors (Lipinski definition) is 1. The van der Waals surface area contributed by atoms with E-state index in [0.717, 1.165) is 36.1 Å². The first-order valence-electron chi connectivity index (χ1n) is 8.42. The lowest BCUT2D eigenvalue weighted by Gasteiger charge is -2.25. The molecule has 4 heteroatoms. The first kappa shape index (κ1) is 16.7. The van der Waals surface area contributed by atoms with Gasteiger partial charge in [0.15, 0.2) is 0 Å². The molecule has 0 saturated carbocycles. The Morgan fingerprint density at radius 3 is 2.58 bits per heavy atom. The summed E-state index contributed by atoms with van der Waals surface area (Å²) in [4.78, 5) is 14.5. The summed E-state index contributed by atoms with van der Waals surface area (Å²) in [6.45, 7) is 3.46. The molecule has 0 bridgehead atoms. The van der Waals surface area contributed by atoms with Gasteiger partial charge in [-0.15, -0.1) is 0 Å². The summed E-state index contributed by atoms with van der Waals surface area (Å²) in [6, 6.07) is 13.0. The van der Waals surface area contributed by atoms with E-state index in [0.29, 0.717) is 6.54 Å². The van der Waals surface area contributed by atoms with Crippen molar-refractivity contribution in [1.82, 2.24) is 10.2 Å². The molecule has 1 atom stereocenters. The Morgan fingerprint density at radius 1 is 1.21 bits per heavy atom. The van der Waals surface area contributed by atoms with Gasteiger partial charge in [0.25, 0.3) is 5.91 Å². The molecule has 1 aliphatic rings. The van der Waals surface area contributed by atoms with E-state index in [1.807, 2.05) is 44.3 Å². The Hall–Kier alpha value is -2.20. The van der Waals surface area contributed by atoms with Gasteiger partial charge >= 0.3 is 0 Å². The molecule has 2 aromatic rings. The van der Waals surface area contributed by atoms with E-state index < -0.39 is 5.82 Å². The lowest BCUT2D eigenvalue weighted by molar-refractivity contribution is 0.0732. The second-order valence-corrected chi connectivity index (χ2v) is 6.41. The fraction of sp³-hybridized carbons (Fsp3) is 0.350. The van der Waals surface area contributed by atoms with Gasteiger partial charge < -0.3 is 10.2 Å². The number of likely N-dealkylation sites (tertiary alicyclic amines) is 1. The van der Waals surface area contributed by atoms with Crippen LogP contribution in [-0.4, -0.2) is 37.0 Å². The van der Waals surface area contributed by atoms with Crippen molar-refractivity contribution >= 4 is 5.91 Å². The average Bonchev–Trinajstić information content (AvgIpc) is 3.03. The standard InChI is InChI=1S/C20H23FN2O/c1-14-5-7-15(8-6-14)16-9-10-18(19(21)12-16)20(24)23-11-3-4-17(23)13-22-2/h5-10,12,17,22H,3-4,11,13H2,1-2H3. The normalized spacial score (nSPS) is 17.3. The molecule has 1 fully saturated rings. The van der Waals surface area contributed by atoms with Crippen molar-refractivity contribution in [3.05, 3.63) is 59.4 Å². The number of hydrogen-bond acceptors (Lipinski definition) is 2. The van der Waals surface area contributed by atoms with Gasteiger partial charge in [-0.1, -0.05) is 35.9 Å². The number of nitrogens with zero attached hydrogens (tertiary/aromatic N) is 1. The third-order valence-electron chi connectivity index (χ3n) is 4.66. The first-order chi connectivity index (χ1) is 11.6. The van der Waals surface area contributed by atoms with Gasteiger partial charge in [-0.2, -0.15) is 0 Å². The Balaban J connectivity index is 1.84. The van der Waals surface area contributed by atoms with Gasteiger partial charge in [0.2, 0.25) is 0 Å². The topological polar surface area (TPSA) is 32.3 Å². The molecule has 1 N–H and O–H groups in total. The van der Waals surface area contributed by atoms with Crippen LogP contribution in [0.5, 0.6) is 0 Å². The predicted octanol–water partition coefficient (Wildman–Crippen LogP) is 3.63. The van der Waals surface area contributed by atoms with Crippen molar-refractivity contribution in [1.29, 1.82) is 0 Å². The Morgan fingerprint density at radius 2 is 1.92 bits per heavy atom. The minimum atomic E-state index is -0.451. The first-order valence-corrected chi connectivity index (χ1v) is 8.42. The van der Waals surface area contributed by atoms with E-state index in [1.54, 1.807) is 11.0 Å². The highest BCUT2D eigenvalue weighted by atomic mass is 19.1. The number of rotatable bonds is 4. The third kappa shape index (κ3) is 3.34. The van der Waals surface area contributed by atoms with E-state index in [-0.39, 0.29) is 17.5 Å². The van der Waals surface area contributed by atoms with Gasteiger partial charge in [-0.3, -0.25) is 4.79 Å². The zero-order chi connectivity index (χ0) is 17.1. The van der Waals surface area contributed by atoms with Crippen molar-refractivity contribution in [3.8, 4) is 11.1 Å². The molecule has 126 valence electrons. The largest absolute Gasteiger partial charge is 0.334 e. The van der Waals surface area contributed by atoms with Crippen LogP contribution in [0.2, 0.25) is 0 Å². The summed E-state index contributed by atoms with van der Waals surface area (Å²) in [5, 5.41) is 3.11. The van der Waals surface area contributed by atoms with Crippen LogP contribution in [0.15, 0.2) is 42.5 Å². The number of likely N-dealkylation sites (N-methyl/N-ethyl adjacent to an activating group) is 1. The van der Waals surface area contributed by atoms with Gasteiger partial charge in [-0.05, 0) is 50.1 Å². The zero-order valence-electron chi connectivity index (χ0n) is 14.2. The van der Waals surface area contributed by atoms with Gasteiger partial charge in [-0.25, -0.2) is 4.39 Å². The minimum Gasteiger partial charge on any atom is -0.334 e. The summed E-state index contributed by atoms with van der Waals surface area (Å²) >= 11 is 0. The summed E-state index contributed by atoms with van der Waals surface area (Å²) in [5.41, 5.74) is 3.06. The number of carbonyl (C=O) groups excluding carboxylic acids is 1. The lowest BCUT2D eigenvalue weighted by atomic mass is 10.0. The molecule has 3 nitrogen and oxygen atoms in total. The van der Waals surface area contributed by atoms with Crippen LogP contribution in [0.25, 0.3) is 11.1 Å². The highest BCUT2D eigenvalue weighted by Gasteiger charge is 2.30. The number of carbonyl (C=O) groups is 1. The number of amides is 1. The molecule has 0 spiro atoms. The molecule has 1 amide bonds. The fourth-order valence-corrected chi connectivity index (χ4v) is 3.32. The molecular formula is C20H23FN2O. The predicted molar refractivity (Wildman–Crippen MR) is 94.6 cm³/mol. The number of nitrogens with one attached hydrogen (secondary N) is 1. The van der Waals surface area contributed by atoms with Crippen molar-refractivity contribution in [3.63, 3.8) is 0 Å². The van der Waals surface area contributed by atoms with Gasteiger partial charge in [0, 0.05) is 19.1 Å². The minimum absolute atomic E-state index is 0.152. The second-order valence-electron chi connectivity index (χ2n) is 6.41. The van der Waals surface area contributed by atoms with Crippen LogP contribution >= 0.6 is 0 Å². The summed E-state index contributed by atoms with van der Waals surface area (Å²) in [7, 11) is 1.87. The number of aryl methyl sites for hydroxylation is 1. The molecule has 1 heterocycles. The molecule has 2 aromatic carbocycles. The Kier molecular flexibility index (Phi) is 4.95.